The number of hydrogen-bond acceptors (Lipinski definition) is 3. The summed E-state index contributed by atoms with van der Waals surface area (Å²) in [5, 5.41) is 0. The number of alkyl halides is 3. The van der Waals surface area contributed by atoms with Crippen molar-refractivity contribution in [3.05, 3.63) is 24.0 Å². The zero-order chi connectivity index (χ0) is 12.2. The molecule has 0 saturated heterocycles. The third-order valence-corrected chi connectivity index (χ3v) is 1.92. The fraction of sp³-hybridized carbons (Fsp3) is 0.500. The molecule has 1 rings (SSSR count). The molecule has 16 heavy (non-hydrogen) atoms. The van der Waals surface area contributed by atoms with Crippen LogP contribution in [0.15, 0.2) is 18.5 Å². The Morgan fingerprint density at radius 2 is 2.12 bits per heavy atom. The topological polar surface area (TPSA) is 48.1 Å². The molecule has 0 aliphatic rings. The Bertz CT molecular complexity index is 341. The van der Waals surface area contributed by atoms with Crippen molar-refractivity contribution in [1.29, 1.82) is 0 Å². The van der Waals surface area contributed by atoms with E-state index in [-0.39, 0.29) is 0 Å². The van der Waals surface area contributed by atoms with Crippen LogP contribution in [0.1, 0.15) is 24.9 Å². The lowest BCUT2D eigenvalue weighted by molar-refractivity contribution is -0.138. The second-order valence-corrected chi connectivity index (χ2v) is 3.31. The van der Waals surface area contributed by atoms with Gasteiger partial charge in [0.1, 0.15) is 5.75 Å². The summed E-state index contributed by atoms with van der Waals surface area (Å²) in [7, 11) is 0. The maximum absolute atomic E-state index is 12.1. The number of nitrogens with two attached hydrogens (primary N) is 1. The van der Waals surface area contributed by atoms with Gasteiger partial charge in [-0.2, -0.15) is 13.2 Å². The summed E-state index contributed by atoms with van der Waals surface area (Å²) in [5.41, 5.74) is 5.75. The van der Waals surface area contributed by atoms with Gasteiger partial charge in [-0.15, -0.1) is 0 Å². The van der Waals surface area contributed by atoms with Crippen LogP contribution in [0.5, 0.6) is 5.75 Å². The van der Waals surface area contributed by atoms with Gasteiger partial charge in [-0.05, 0) is 18.6 Å². The minimum atomic E-state index is -4.28. The normalized spacial score (nSPS) is 13.6. The number of halogens is 3. The number of pyridine rings is 1. The second kappa shape index (κ2) is 5.16. The lowest BCUT2D eigenvalue weighted by atomic mass is 10.1. The number of ether oxygens (including phenoxy) is 1. The molecule has 0 bridgehead atoms. The van der Waals surface area contributed by atoms with Crippen molar-refractivity contribution in [3.63, 3.8) is 0 Å². The van der Waals surface area contributed by atoms with Crippen molar-refractivity contribution < 1.29 is 17.9 Å². The van der Waals surface area contributed by atoms with Crippen LogP contribution in [0.3, 0.4) is 0 Å². The Balaban J connectivity index is 2.75. The van der Waals surface area contributed by atoms with E-state index in [0.29, 0.717) is 17.9 Å². The number of hydrogen-bond donors (Lipinski definition) is 1. The van der Waals surface area contributed by atoms with E-state index in [2.05, 4.69) is 4.98 Å². The van der Waals surface area contributed by atoms with Gasteiger partial charge in [0.25, 0.3) is 0 Å². The lowest BCUT2D eigenvalue weighted by Gasteiger charge is -2.14. The fourth-order valence-corrected chi connectivity index (χ4v) is 1.25. The molecular formula is C10H13F3N2O. The maximum Gasteiger partial charge on any atom is 0.390 e. The van der Waals surface area contributed by atoms with E-state index in [4.69, 9.17) is 10.5 Å². The van der Waals surface area contributed by atoms with Gasteiger partial charge in [-0.3, -0.25) is 4.98 Å². The van der Waals surface area contributed by atoms with Gasteiger partial charge in [0.2, 0.25) is 0 Å². The van der Waals surface area contributed by atoms with Crippen molar-refractivity contribution in [1.82, 2.24) is 4.98 Å². The molecule has 6 heteroatoms. The summed E-state index contributed by atoms with van der Waals surface area (Å²) in [6.07, 6.45) is -2.59. The molecule has 0 aliphatic heterocycles. The molecular weight excluding hydrogens is 221 g/mol. The number of aromatic nitrogens is 1. The monoisotopic (exact) mass is 234 g/mol. The summed E-state index contributed by atoms with van der Waals surface area (Å²) < 4.78 is 41.5. The summed E-state index contributed by atoms with van der Waals surface area (Å²) in [6.45, 7) is 2.21. The smallest absolute Gasteiger partial charge is 0.390 e. The van der Waals surface area contributed by atoms with Crippen LogP contribution in [0, 0.1) is 0 Å². The van der Waals surface area contributed by atoms with Crippen LogP contribution in [-0.4, -0.2) is 17.8 Å². The molecule has 0 radical (unpaired) electrons. The molecule has 0 fully saturated rings. The third-order valence-electron chi connectivity index (χ3n) is 1.92. The highest BCUT2D eigenvalue weighted by Gasteiger charge is 2.31. The van der Waals surface area contributed by atoms with E-state index in [1.807, 2.05) is 0 Å². The summed E-state index contributed by atoms with van der Waals surface area (Å²) in [4.78, 5) is 3.78. The lowest BCUT2D eigenvalue weighted by Crippen LogP contribution is -2.20. The van der Waals surface area contributed by atoms with Crippen LogP contribution in [0.2, 0.25) is 0 Å². The molecule has 0 aliphatic carbocycles. The van der Waals surface area contributed by atoms with Crippen molar-refractivity contribution in [3.8, 4) is 5.75 Å². The van der Waals surface area contributed by atoms with Gasteiger partial charge >= 0.3 is 6.18 Å². The highest BCUT2D eigenvalue weighted by molar-refractivity contribution is 5.25. The first-order chi connectivity index (χ1) is 7.42. The predicted molar refractivity (Wildman–Crippen MR) is 53.0 cm³/mol. The molecule has 1 aromatic rings. The molecule has 0 aromatic carbocycles. The van der Waals surface area contributed by atoms with Gasteiger partial charge in [-0.25, -0.2) is 0 Å². The maximum atomic E-state index is 12.1. The first kappa shape index (κ1) is 12.8. The van der Waals surface area contributed by atoms with Gasteiger partial charge in [0.05, 0.1) is 19.2 Å². The van der Waals surface area contributed by atoms with E-state index in [9.17, 15) is 13.2 Å². The number of nitrogens with zero attached hydrogens (tertiary/aromatic N) is 1. The van der Waals surface area contributed by atoms with Crippen LogP contribution in [0.4, 0.5) is 13.2 Å². The standard InChI is InChI=1S/C10H13F3N2O/c1-2-16-8-3-7(5-15-6-8)9(14)4-10(11,12)13/h3,5-6,9H,2,4,14H2,1H3. The quantitative estimate of drug-likeness (QED) is 0.870. The second-order valence-electron chi connectivity index (χ2n) is 3.31. The van der Waals surface area contributed by atoms with E-state index >= 15 is 0 Å². The van der Waals surface area contributed by atoms with Gasteiger partial charge in [0, 0.05) is 12.2 Å². The first-order valence-corrected chi connectivity index (χ1v) is 4.82. The van der Waals surface area contributed by atoms with Gasteiger partial charge < -0.3 is 10.5 Å². The average molecular weight is 234 g/mol. The summed E-state index contributed by atoms with van der Waals surface area (Å²) >= 11 is 0. The third kappa shape index (κ3) is 4.06. The van der Waals surface area contributed by atoms with Gasteiger partial charge in [0.15, 0.2) is 0 Å². The molecule has 0 saturated carbocycles. The first-order valence-electron chi connectivity index (χ1n) is 4.82. The average Bonchev–Trinajstić information content (AvgIpc) is 2.16. The highest BCUT2D eigenvalue weighted by atomic mass is 19.4. The summed E-state index contributed by atoms with van der Waals surface area (Å²) in [5.74, 6) is 0.428. The van der Waals surface area contributed by atoms with E-state index in [1.165, 1.54) is 18.5 Å². The molecule has 0 amide bonds. The van der Waals surface area contributed by atoms with Crippen molar-refractivity contribution in [2.24, 2.45) is 5.73 Å². The Kier molecular flexibility index (Phi) is 4.12. The van der Waals surface area contributed by atoms with Crippen LogP contribution < -0.4 is 10.5 Å². The SMILES string of the molecule is CCOc1cncc(C(N)CC(F)(F)F)c1. The Hall–Kier alpha value is -1.30. The molecule has 3 nitrogen and oxygen atoms in total. The molecule has 0 spiro atoms. The Morgan fingerprint density at radius 3 is 2.69 bits per heavy atom. The molecule has 90 valence electrons. The Labute approximate surface area is 91.4 Å². The van der Waals surface area contributed by atoms with E-state index in [1.54, 1.807) is 6.92 Å². The Morgan fingerprint density at radius 1 is 1.44 bits per heavy atom. The van der Waals surface area contributed by atoms with Crippen LogP contribution >= 0.6 is 0 Å². The molecule has 1 aromatic heterocycles. The van der Waals surface area contributed by atoms with Crippen LogP contribution in [0.25, 0.3) is 0 Å². The molecule has 2 N–H and O–H groups in total. The van der Waals surface area contributed by atoms with Crippen molar-refractivity contribution >= 4 is 0 Å². The molecule has 1 unspecified atom stereocenters. The van der Waals surface area contributed by atoms with Crippen molar-refractivity contribution in [2.75, 3.05) is 6.61 Å². The largest absolute Gasteiger partial charge is 0.492 e. The van der Waals surface area contributed by atoms with Crippen LogP contribution in [-0.2, 0) is 0 Å². The van der Waals surface area contributed by atoms with Crippen molar-refractivity contribution in [2.45, 2.75) is 25.6 Å². The number of rotatable bonds is 4. The zero-order valence-corrected chi connectivity index (χ0v) is 8.79. The van der Waals surface area contributed by atoms with E-state index < -0.39 is 18.6 Å². The predicted octanol–water partition coefficient (Wildman–Crippen LogP) is 2.43. The minimum absolute atomic E-state index is 0.322. The molecule has 1 heterocycles. The zero-order valence-electron chi connectivity index (χ0n) is 8.79. The minimum Gasteiger partial charge on any atom is -0.492 e. The molecule has 1 atom stereocenters. The van der Waals surface area contributed by atoms with Gasteiger partial charge in [-0.1, -0.05) is 0 Å². The van der Waals surface area contributed by atoms with E-state index in [0.717, 1.165) is 0 Å². The fourth-order valence-electron chi connectivity index (χ4n) is 1.25. The highest BCUT2D eigenvalue weighted by Crippen LogP contribution is 2.28. The summed E-state index contributed by atoms with van der Waals surface area (Å²) in [6, 6.07) is 0.375.